The lowest BCUT2D eigenvalue weighted by Gasteiger charge is -1.83. The lowest BCUT2D eigenvalue weighted by atomic mass is 10.5. The second-order valence-electron chi connectivity index (χ2n) is 1.75. The molecule has 1 heterocycles. The number of H-pyrrole nitrogens is 1. The second-order valence-corrected chi connectivity index (χ2v) is 2.76. The van der Waals surface area contributed by atoms with Crippen molar-refractivity contribution >= 4 is 10.4 Å². The zero-order valence-electron chi connectivity index (χ0n) is 5.36. The zero-order valence-corrected chi connectivity index (χ0v) is 6.18. The molecule has 0 aliphatic heterocycles. The Morgan fingerprint density at radius 3 is 2.64 bits per heavy atom. The number of pyridine rings is 1. The number of rotatable bonds is 1. The monoisotopic (exact) mass is 176 g/mol. The smallest absolute Gasteiger partial charge is 0.346 e. The third-order valence-corrected chi connectivity index (χ3v) is 1.31. The van der Waals surface area contributed by atoms with Gasteiger partial charge >= 0.3 is 10.4 Å². The first kappa shape index (κ1) is 7.93. The van der Waals surface area contributed by atoms with Gasteiger partial charge in [0.2, 0.25) is 0 Å². The summed E-state index contributed by atoms with van der Waals surface area (Å²) in [6.07, 6.45) is 1.45. The molecular weight excluding hydrogens is 171 g/mol. The zero-order chi connectivity index (χ0) is 8.32. The van der Waals surface area contributed by atoms with E-state index in [-0.39, 0.29) is 5.49 Å². The van der Waals surface area contributed by atoms with Crippen molar-refractivity contribution in [2.45, 2.75) is 0 Å². The van der Waals surface area contributed by atoms with Crippen LogP contribution in [-0.2, 0) is 10.4 Å². The van der Waals surface area contributed by atoms with Crippen molar-refractivity contribution in [3.8, 4) is 0 Å². The van der Waals surface area contributed by atoms with E-state index in [9.17, 15) is 12.3 Å². The topological polar surface area (TPSA) is 62.3 Å². The lowest BCUT2D eigenvalue weighted by Crippen LogP contribution is -2.06. The molecule has 0 aromatic carbocycles. The van der Waals surface area contributed by atoms with Gasteiger partial charge in [0.25, 0.3) is 0 Å². The van der Waals surface area contributed by atoms with E-state index in [0.29, 0.717) is 0 Å². The highest BCUT2D eigenvalue weighted by molar-refractivity contribution is 7.84. The molecule has 0 aliphatic carbocycles. The van der Waals surface area contributed by atoms with Crippen molar-refractivity contribution in [3.63, 3.8) is 0 Å². The van der Waals surface area contributed by atoms with E-state index < -0.39 is 10.4 Å². The van der Waals surface area contributed by atoms with Gasteiger partial charge < -0.3 is 4.98 Å². The van der Waals surface area contributed by atoms with Gasteiger partial charge in [-0.1, -0.05) is 9.95 Å². The summed E-state index contributed by atoms with van der Waals surface area (Å²) in [4.78, 5) is 2.44. The van der Waals surface area contributed by atoms with Gasteiger partial charge in [-0.2, -0.15) is 8.42 Å². The predicted octanol–water partition coefficient (Wildman–Crippen LogP) is 0.130. The summed E-state index contributed by atoms with van der Waals surface area (Å²) in [6.45, 7) is 0. The summed E-state index contributed by atoms with van der Waals surface area (Å²) < 4.78 is 34.5. The fourth-order valence-corrected chi connectivity index (χ4v) is 0.907. The molecule has 0 saturated heterocycles. The Labute approximate surface area is 62.8 Å². The van der Waals surface area contributed by atoms with Gasteiger partial charge in [-0.3, -0.25) is 0 Å². The molecule has 1 aromatic rings. The van der Waals surface area contributed by atoms with Crippen LogP contribution in [0.15, 0.2) is 28.8 Å². The van der Waals surface area contributed by atoms with Crippen LogP contribution in [0.4, 0.5) is 3.89 Å². The van der Waals surface area contributed by atoms with Crippen LogP contribution in [0.3, 0.4) is 0 Å². The molecule has 11 heavy (non-hydrogen) atoms. The molecule has 1 rings (SSSR count). The third kappa shape index (κ3) is 2.94. The maximum Gasteiger partial charge on any atom is 0.419 e. The van der Waals surface area contributed by atoms with E-state index in [1.165, 1.54) is 12.3 Å². The molecule has 0 radical (unpaired) electrons. The summed E-state index contributed by atoms with van der Waals surface area (Å²) in [7, 11) is -4.78. The fraction of sp³-hybridized carbons (Fsp3) is 0. The van der Waals surface area contributed by atoms with Crippen molar-refractivity contribution < 1.29 is 12.3 Å². The average Bonchev–Trinajstić information content (AvgIpc) is 1.85. The third-order valence-electron chi connectivity index (χ3n) is 0.900. The fourth-order valence-electron chi connectivity index (χ4n) is 0.558. The molecule has 60 valence electrons. The molecule has 0 unspecified atom stereocenters. The molecule has 4 nitrogen and oxygen atoms in total. The Bertz CT molecular complexity index is 377. The van der Waals surface area contributed by atoms with E-state index in [1.807, 2.05) is 0 Å². The number of hydrogen-bond donors (Lipinski definition) is 1. The Morgan fingerprint density at radius 1 is 1.45 bits per heavy atom. The van der Waals surface area contributed by atoms with Gasteiger partial charge in [-0.25, -0.2) is 0 Å². The van der Waals surface area contributed by atoms with E-state index in [0.717, 1.165) is 0 Å². The Morgan fingerprint density at radius 2 is 2.18 bits per heavy atom. The molecule has 0 aliphatic rings. The Kier molecular flexibility index (Phi) is 2.04. The summed E-state index contributed by atoms with van der Waals surface area (Å²) in [5.74, 6) is 0. The SMILES string of the molecule is O=S(=O)(F)N=c1cccc[nH]1. The van der Waals surface area contributed by atoms with Crippen LogP contribution in [0.2, 0.25) is 0 Å². The highest BCUT2D eigenvalue weighted by atomic mass is 32.3. The van der Waals surface area contributed by atoms with E-state index in [4.69, 9.17) is 0 Å². The lowest BCUT2D eigenvalue weighted by molar-refractivity contribution is 0.552. The summed E-state index contributed by atoms with van der Waals surface area (Å²) in [5, 5.41) is 0. The average molecular weight is 176 g/mol. The van der Waals surface area contributed by atoms with Gasteiger partial charge in [0.1, 0.15) is 5.49 Å². The minimum Gasteiger partial charge on any atom is -0.346 e. The number of hydrogen-bond acceptors (Lipinski definition) is 2. The van der Waals surface area contributed by atoms with Gasteiger partial charge in [-0.15, -0.1) is 4.40 Å². The number of nitrogens with one attached hydrogen (secondary N) is 1. The van der Waals surface area contributed by atoms with E-state index >= 15 is 0 Å². The minimum atomic E-state index is -4.78. The Balaban J connectivity index is 3.24. The largest absolute Gasteiger partial charge is 0.419 e. The van der Waals surface area contributed by atoms with E-state index in [2.05, 4.69) is 9.38 Å². The first-order valence-corrected chi connectivity index (χ1v) is 4.06. The summed E-state index contributed by atoms with van der Waals surface area (Å²) >= 11 is 0. The molecule has 0 spiro atoms. The van der Waals surface area contributed by atoms with Crippen molar-refractivity contribution in [3.05, 3.63) is 29.9 Å². The normalized spacial score (nSPS) is 13.4. The first-order valence-electron chi connectivity index (χ1n) is 2.72. The van der Waals surface area contributed by atoms with Gasteiger partial charge in [0, 0.05) is 6.20 Å². The molecular formula is C5H5FN2O2S. The first-order chi connectivity index (χ1) is 5.08. The highest BCUT2D eigenvalue weighted by Crippen LogP contribution is 1.88. The van der Waals surface area contributed by atoms with Crippen molar-refractivity contribution in [1.29, 1.82) is 0 Å². The second kappa shape index (κ2) is 2.83. The number of aromatic amines is 1. The maximum atomic E-state index is 11.9. The van der Waals surface area contributed by atoms with Crippen LogP contribution in [-0.4, -0.2) is 13.4 Å². The highest BCUT2D eigenvalue weighted by Gasteiger charge is 1.99. The molecule has 0 fully saturated rings. The quantitative estimate of drug-likeness (QED) is 0.618. The molecule has 0 saturated carbocycles. The number of nitrogens with zero attached hydrogens (tertiary/aromatic N) is 1. The van der Waals surface area contributed by atoms with Crippen LogP contribution in [0, 0.1) is 0 Å². The Hall–Kier alpha value is -1.17. The molecule has 1 aromatic heterocycles. The number of halogens is 1. The van der Waals surface area contributed by atoms with Gasteiger partial charge in [0.05, 0.1) is 0 Å². The molecule has 0 bridgehead atoms. The van der Waals surface area contributed by atoms with Crippen molar-refractivity contribution in [1.82, 2.24) is 4.98 Å². The predicted molar refractivity (Wildman–Crippen MR) is 36.4 cm³/mol. The summed E-state index contributed by atoms with van der Waals surface area (Å²) in [6, 6.07) is 4.52. The number of aromatic nitrogens is 1. The van der Waals surface area contributed by atoms with Crippen LogP contribution < -0.4 is 5.49 Å². The van der Waals surface area contributed by atoms with Crippen molar-refractivity contribution in [2.75, 3.05) is 0 Å². The molecule has 0 atom stereocenters. The van der Waals surface area contributed by atoms with E-state index in [1.54, 1.807) is 12.1 Å². The van der Waals surface area contributed by atoms with Crippen LogP contribution in [0.5, 0.6) is 0 Å². The van der Waals surface area contributed by atoms with Crippen LogP contribution in [0.1, 0.15) is 0 Å². The van der Waals surface area contributed by atoms with Gasteiger partial charge in [-0.05, 0) is 12.1 Å². The molecule has 6 heteroatoms. The maximum absolute atomic E-state index is 11.9. The van der Waals surface area contributed by atoms with Crippen LogP contribution >= 0.6 is 0 Å². The minimum absolute atomic E-state index is 0.0324. The van der Waals surface area contributed by atoms with Crippen molar-refractivity contribution in [2.24, 2.45) is 4.40 Å². The molecule has 1 N–H and O–H groups in total. The van der Waals surface area contributed by atoms with Crippen LogP contribution in [0.25, 0.3) is 0 Å². The van der Waals surface area contributed by atoms with Gasteiger partial charge in [0.15, 0.2) is 0 Å². The standard InChI is InChI=1S/C5H5FN2O2S/c6-11(9,10)8-5-3-1-2-4-7-5/h1-4H,(H,7,8). The summed E-state index contributed by atoms with van der Waals surface area (Å²) in [5.41, 5.74) is -0.0324. The molecule has 0 amide bonds.